The van der Waals surface area contributed by atoms with Crippen LogP contribution in [0, 0.1) is 11.7 Å². The molecule has 3 heteroatoms. The van der Waals surface area contributed by atoms with Gasteiger partial charge >= 0.3 is 0 Å². The number of aryl methyl sites for hydroxylation is 1. The monoisotopic (exact) mass is 366 g/mol. The van der Waals surface area contributed by atoms with Gasteiger partial charge in [0, 0.05) is 9.85 Å². The van der Waals surface area contributed by atoms with Crippen molar-refractivity contribution in [3.8, 4) is 0 Å². The van der Waals surface area contributed by atoms with E-state index >= 15 is 0 Å². The Morgan fingerprint density at radius 1 is 1.19 bits per heavy atom. The van der Waals surface area contributed by atoms with Crippen LogP contribution in [0.25, 0.3) is 0 Å². The molecule has 2 aromatic rings. The Morgan fingerprint density at radius 2 is 2.00 bits per heavy atom. The van der Waals surface area contributed by atoms with Gasteiger partial charge in [0.25, 0.3) is 0 Å². The zero-order valence-corrected chi connectivity index (χ0v) is 14.0. The molecule has 0 bridgehead atoms. The number of fused-ring (bicyclic) bond motifs is 1. The van der Waals surface area contributed by atoms with Crippen LogP contribution >= 0.6 is 27.5 Å². The molecule has 2 atom stereocenters. The lowest BCUT2D eigenvalue weighted by molar-refractivity contribution is 0.463. The Bertz CT molecular complexity index is 641. The molecule has 0 amide bonds. The summed E-state index contributed by atoms with van der Waals surface area (Å²) in [7, 11) is 0. The second-order valence-electron chi connectivity index (χ2n) is 5.69. The van der Waals surface area contributed by atoms with Crippen LogP contribution in [-0.4, -0.2) is 0 Å². The molecule has 2 unspecified atom stereocenters. The summed E-state index contributed by atoms with van der Waals surface area (Å²) in [6.45, 7) is 0. The third-order valence-electron chi connectivity index (χ3n) is 4.28. The maximum atomic E-state index is 14.0. The summed E-state index contributed by atoms with van der Waals surface area (Å²) in [5.74, 6) is 0.234. The molecule has 0 nitrogen and oxygen atoms in total. The lowest BCUT2D eigenvalue weighted by Crippen LogP contribution is -2.11. The predicted molar refractivity (Wildman–Crippen MR) is 89.7 cm³/mol. The van der Waals surface area contributed by atoms with Crippen LogP contribution in [0.3, 0.4) is 0 Å². The van der Waals surface area contributed by atoms with Crippen molar-refractivity contribution >= 4 is 27.5 Å². The van der Waals surface area contributed by atoms with E-state index in [4.69, 9.17) is 11.6 Å². The Balaban J connectivity index is 1.87. The van der Waals surface area contributed by atoms with Crippen LogP contribution in [-0.2, 0) is 12.8 Å². The largest absolute Gasteiger partial charge is 0.207 e. The third-order valence-corrected chi connectivity index (χ3v) is 5.75. The summed E-state index contributed by atoms with van der Waals surface area (Å²) in [5, 5.41) is 0.603. The van der Waals surface area contributed by atoms with E-state index in [-0.39, 0.29) is 10.6 Å². The minimum atomic E-state index is -0.156. The van der Waals surface area contributed by atoms with Crippen LogP contribution in [0.4, 0.5) is 4.39 Å². The molecule has 3 rings (SSSR count). The number of alkyl halides is 1. The van der Waals surface area contributed by atoms with E-state index in [0.29, 0.717) is 10.9 Å². The maximum Gasteiger partial charge on any atom is 0.126 e. The SMILES string of the molecule is Fc1ccc(Cl)cc1CC1CCCc2ccccc2C1Br. The first-order valence-corrected chi connectivity index (χ1v) is 8.60. The van der Waals surface area contributed by atoms with Gasteiger partial charge in [-0.05, 0) is 66.5 Å². The molecule has 110 valence electrons. The van der Waals surface area contributed by atoms with E-state index in [1.807, 2.05) is 0 Å². The van der Waals surface area contributed by atoms with Crippen molar-refractivity contribution in [2.75, 3.05) is 0 Å². The van der Waals surface area contributed by atoms with Gasteiger partial charge in [-0.3, -0.25) is 0 Å². The molecule has 1 aliphatic carbocycles. The summed E-state index contributed by atoms with van der Waals surface area (Å²) in [5.41, 5.74) is 3.48. The third kappa shape index (κ3) is 3.32. The summed E-state index contributed by atoms with van der Waals surface area (Å²) < 4.78 is 14.0. The fraction of sp³-hybridized carbons (Fsp3) is 0.333. The maximum absolute atomic E-state index is 14.0. The van der Waals surface area contributed by atoms with Crippen molar-refractivity contribution in [2.45, 2.75) is 30.5 Å². The van der Waals surface area contributed by atoms with Crippen molar-refractivity contribution in [2.24, 2.45) is 5.92 Å². The molecule has 2 aromatic carbocycles. The van der Waals surface area contributed by atoms with Gasteiger partial charge in [0.2, 0.25) is 0 Å². The summed E-state index contributed by atoms with van der Waals surface area (Å²) >= 11 is 9.85. The number of benzene rings is 2. The normalized spacial score (nSPS) is 21.7. The van der Waals surface area contributed by atoms with Crippen molar-refractivity contribution in [1.82, 2.24) is 0 Å². The first-order valence-electron chi connectivity index (χ1n) is 7.31. The Kier molecular flexibility index (Phi) is 4.66. The van der Waals surface area contributed by atoms with Gasteiger partial charge in [-0.15, -0.1) is 0 Å². The summed E-state index contributed by atoms with van der Waals surface area (Å²) in [4.78, 5) is 0.273. The number of hydrogen-bond acceptors (Lipinski definition) is 0. The topological polar surface area (TPSA) is 0 Å². The van der Waals surface area contributed by atoms with E-state index in [0.717, 1.165) is 31.2 Å². The predicted octanol–water partition coefficient (Wildman–Crippen LogP) is 6.11. The molecule has 1 aliphatic rings. The van der Waals surface area contributed by atoms with Crippen LogP contribution in [0.1, 0.15) is 34.4 Å². The fourth-order valence-corrected chi connectivity index (χ4v) is 4.27. The molecule has 0 heterocycles. The first-order chi connectivity index (χ1) is 10.1. The lowest BCUT2D eigenvalue weighted by atomic mass is 9.90. The van der Waals surface area contributed by atoms with E-state index in [2.05, 4.69) is 40.2 Å². The number of halogens is 3. The quantitative estimate of drug-likeness (QED) is 0.444. The van der Waals surface area contributed by atoms with Crippen molar-refractivity contribution in [1.29, 1.82) is 0 Å². The highest BCUT2D eigenvalue weighted by atomic mass is 79.9. The average Bonchev–Trinajstić information content (AvgIpc) is 2.64. The minimum absolute atomic E-state index is 0.156. The lowest BCUT2D eigenvalue weighted by Gasteiger charge is -2.22. The highest BCUT2D eigenvalue weighted by molar-refractivity contribution is 9.09. The Hall–Kier alpha value is -0.860. The highest BCUT2D eigenvalue weighted by Crippen LogP contribution is 2.41. The van der Waals surface area contributed by atoms with Gasteiger partial charge in [0.15, 0.2) is 0 Å². The molecule has 0 aliphatic heterocycles. The smallest absolute Gasteiger partial charge is 0.126 e. The standard InChI is InChI=1S/C18H17BrClF/c19-18-13(10-14-11-15(20)8-9-17(14)21)6-3-5-12-4-1-2-7-16(12)18/h1-2,4,7-9,11,13,18H,3,5-6,10H2. The van der Waals surface area contributed by atoms with E-state index in [1.165, 1.54) is 17.2 Å². The van der Waals surface area contributed by atoms with Gasteiger partial charge in [0.1, 0.15) is 5.82 Å². The van der Waals surface area contributed by atoms with Crippen LogP contribution in [0.2, 0.25) is 5.02 Å². The molecule has 0 saturated heterocycles. The van der Waals surface area contributed by atoms with Crippen molar-refractivity contribution in [3.63, 3.8) is 0 Å². The molecule has 0 spiro atoms. The number of rotatable bonds is 2. The van der Waals surface area contributed by atoms with Crippen molar-refractivity contribution in [3.05, 3.63) is 70.0 Å². The van der Waals surface area contributed by atoms with E-state index < -0.39 is 0 Å². The van der Waals surface area contributed by atoms with Crippen LogP contribution in [0.5, 0.6) is 0 Å². The average molecular weight is 368 g/mol. The molecular formula is C18H17BrClF. The van der Waals surface area contributed by atoms with Gasteiger partial charge in [-0.25, -0.2) is 4.39 Å². The zero-order valence-electron chi connectivity index (χ0n) is 11.7. The second-order valence-corrected chi connectivity index (χ2v) is 7.12. The molecule has 21 heavy (non-hydrogen) atoms. The van der Waals surface area contributed by atoms with Gasteiger partial charge in [0.05, 0.1) is 0 Å². The second kappa shape index (κ2) is 6.50. The molecular weight excluding hydrogens is 351 g/mol. The first kappa shape index (κ1) is 15.1. The molecule has 0 aromatic heterocycles. The van der Waals surface area contributed by atoms with Gasteiger partial charge in [-0.2, -0.15) is 0 Å². The molecule has 0 N–H and O–H groups in total. The molecule has 0 radical (unpaired) electrons. The summed E-state index contributed by atoms with van der Waals surface area (Å²) in [6.07, 6.45) is 4.06. The fourth-order valence-electron chi connectivity index (χ4n) is 3.17. The Morgan fingerprint density at radius 3 is 2.86 bits per heavy atom. The minimum Gasteiger partial charge on any atom is -0.207 e. The van der Waals surface area contributed by atoms with Gasteiger partial charge in [-0.1, -0.05) is 51.8 Å². The Labute approximate surface area is 138 Å². The number of hydrogen-bond donors (Lipinski definition) is 0. The van der Waals surface area contributed by atoms with E-state index in [9.17, 15) is 4.39 Å². The van der Waals surface area contributed by atoms with Crippen LogP contribution in [0.15, 0.2) is 42.5 Å². The zero-order chi connectivity index (χ0) is 14.8. The summed E-state index contributed by atoms with van der Waals surface area (Å²) in [6, 6.07) is 13.4. The molecule has 0 saturated carbocycles. The van der Waals surface area contributed by atoms with Crippen molar-refractivity contribution < 1.29 is 4.39 Å². The highest BCUT2D eigenvalue weighted by Gasteiger charge is 2.26. The molecule has 0 fully saturated rings. The van der Waals surface area contributed by atoms with Gasteiger partial charge < -0.3 is 0 Å². The van der Waals surface area contributed by atoms with E-state index in [1.54, 1.807) is 12.1 Å². The van der Waals surface area contributed by atoms with Crippen LogP contribution < -0.4 is 0 Å².